The van der Waals surface area contributed by atoms with Crippen LogP contribution in [0, 0.1) is 0 Å². The van der Waals surface area contributed by atoms with Crippen LogP contribution in [0.15, 0.2) is 47.1 Å². The van der Waals surface area contributed by atoms with Crippen molar-refractivity contribution in [2.75, 3.05) is 0 Å². The molecule has 0 saturated carbocycles. The summed E-state index contributed by atoms with van der Waals surface area (Å²) < 4.78 is 13.2. The van der Waals surface area contributed by atoms with Gasteiger partial charge in [-0.25, -0.2) is 4.98 Å². The Morgan fingerprint density at radius 1 is 1.17 bits per heavy atom. The highest BCUT2D eigenvalue weighted by Crippen LogP contribution is 2.37. The van der Waals surface area contributed by atoms with Crippen LogP contribution in [0.1, 0.15) is 31.4 Å². The summed E-state index contributed by atoms with van der Waals surface area (Å²) in [7, 11) is 0. The number of ether oxygens (including phenoxy) is 1. The number of benzene rings is 1. The predicted octanol–water partition coefficient (Wildman–Crippen LogP) is 4.68. The minimum absolute atomic E-state index is 0.359. The van der Waals surface area contributed by atoms with Crippen molar-refractivity contribution in [3.8, 4) is 10.9 Å². The molecule has 5 heterocycles. The summed E-state index contributed by atoms with van der Waals surface area (Å²) in [5, 5.41) is 1.68. The zero-order valence-electron chi connectivity index (χ0n) is 16.0. The van der Waals surface area contributed by atoms with E-state index in [0.29, 0.717) is 23.3 Å². The van der Waals surface area contributed by atoms with Gasteiger partial charge in [-0.15, -0.1) is 0 Å². The van der Waals surface area contributed by atoms with Crippen LogP contribution in [0.5, 0.6) is 10.9 Å². The SMILES string of the molecule is NC1C[C@H]2CC[C@@H](C1)N2Cc1cc2cc(Oc3nc4cnccc4s3)ccc2o1. The second-order valence-corrected chi connectivity index (χ2v) is 9.12. The van der Waals surface area contributed by atoms with E-state index in [1.807, 2.05) is 24.3 Å². The molecule has 2 fully saturated rings. The third-order valence-corrected chi connectivity index (χ3v) is 7.09. The number of nitrogens with zero attached hydrogens (tertiary/aromatic N) is 3. The molecule has 2 bridgehead atoms. The molecule has 0 amide bonds. The number of thiazole rings is 1. The maximum Gasteiger partial charge on any atom is 0.279 e. The van der Waals surface area contributed by atoms with Crippen molar-refractivity contribution in [2.24, 2.45) is 5.73 Å². The summed E-state index contributed by atoms with van der Waals surface area (Å²) >= 11 is 1.52. The van der Waals surface area contributed by atoms with Crippen molar-refractivity contribution in [1.29, 1.82) is 0 Å². The number of aromatic nitrogens is 2. The number of rotatable bonds is 4. The number of pyridine rings is 1. The van der Waals surface area contributed by atoms with Gasteiger partial charge in [-0.1, -0.05) is 11.3 Å². The molecule has 6 rings (SSSR count). The molecule has 1 aromatic carbocycles. The van der Waals surface area contributed by atoms with E-state index in [9.17, 15) is 0 Å². The molecule has 29 heavy (non-hydrogen) atoms. The molecule has 2 aliphatic heterocycles. The van der Waals surface area contributed by atoms with E-state index in [-0.39, 0.29) is 0 Å². The fraction of sp³-hybridized carbons (Fsp3) is 0.364. The van der Waals surface area contributed by atoms with Gasteiger partial charge in [0.05, 0.1) is 17.4 Å². The second-order valence-electron chi connectivity index (χ2n) is 8.13. The van der Waals surface area contributed by atoms with Gasteiger partial charge in [-0.3, -0.25) is 9.88 Å². The topological polar surface area (TPSA) is 77.4 Å². The lowest BCUT2D eigenvalue weighted by Gasteiger charge is -2.37. The first kappa shape index (κ1) is 17.4. The quantitative estimate of drug-likeness (QED) is 0.530. The van der Waals surface area contributed by atoms with Gasteiger partial charge >= 0.3 is 0 Å². The smallest absolute Gasteiger partial charge is 0.279 e. The van der Waals surface area contributed by atoms with Crippen LogP contribution in [0.25, 0.3) is 21.2 Å². The Hall–Kier alpha value is -2.48. The van der Waals surface area contributed by atoms with Crippen LogP contribution < -0.4 is 10.5 Å². The summed E-state index contributed by atoms with van der Waals surface area (Å²) in [6, 6.07) is 11.6. The van der Waals surface area contributed by atoms with Crippen LogP contribution >= 0.6 is 11.3 Å². The Morgan fingerprint density at radius 3 is 2.86 bits per heavy atom. The van der Waals surface area contributed by atoms with Crippen molar-refractivity contribution < 1.29 is 9.15 Å². The van der Waals surface area contributed by atoms with E-state index in [1.54, 1.807) is 12.4 Å². The van der Waals surface area contributed by atoms with Crippen molar-refractivity contribution in [3.63, 3.8) is 0 Å². The Morgan fingerprint density at radius 2 is 2.03 bits per heavy atom. The fourth-order valence-corrected chi connectivity index (χ4v) is 5.68. The largest absolute Gasteiger partial charge is 0.460 e. The van der Waals surface area contributed by atoms with Crippen molar-refractivity contribution in [1.82, 2.24) is 14.9 Å². The highest BCUT2D eigenvalue weighted by Gasteiger charge is 2.39. The normalized spacial score (nSPS) is 24.5. The first-order chi connectivity index (χ1) is 14.2. The van der Waals surface area contributed by atoms with Gasteiger partial charge < -0.3 is 14.9 Å². The van der Waals surface area contributed by atoms with Gasteiger partial charge in [-0.05, 0) is 56.0 Å². The number of hydrogen-bond acceptors (Lipinski definition) is 7. The molecule has 3 atom stereocenters. The van der Waals surface area contributed by atoms with Crippen molar-refractivity contribution in [3.05, 3.63) is 48.5 Å². The van der Waals surface area contributed by atoms with E-state index < -0.39 is 0 Å². The first-order valence-electron chi connectivity index (χ1n) is 10.1. The molecule has 2 aliphatic rings. The molecule has 3 aromatic heterocycles. The van der Waals surface area contributed by atoms with Crippen LogP contribution in [0.4, 0.5) is 0 Å². The average molecular weight is 407 g/mol. The van der Waals surface area contributed by atoms with E-state index in [1.165, 1.54) is 24.2 Å². The fourth-order valence-electron chi connectivity index (χ4n) is 4.88. The number of furan rings is 1. The third-order valence-electron chi connectivity index (χ3n) is 6.17. The highest BCUT2D eigenvalue weighted by atomic mass is 32.1. The van der Waals surface area contributed by atoms with Gasteiger partial charge in [0.1, 0.15) is 22.6 Å². The molecule has 1 unspecified atom stereocenters. The monoisotopic (exact) mass is 406 g/mol. The molecule has 2 saturated heterocycles. The van der Waals surface area contributed by atoms with Crippen LogP contribution in [0.3, 0.4) is 0 Å². The van der Waals surface area contributed by atoms with E-state index in [0.717, 1.165) is 52.1 Å². The zero-order valence-corrected chi connectivity index (χ0v) is 16.8. The van der Waals surface area contributed by atoms with Crippen LogP contribution in [-0.4, -0.2) is 33.0 Å². The number of hydrogen-bond donors (Lipinski definition) is 1. The lowest BCUT2D eigenvalue weighted by atomic mass is 9.98. The van der Waals surface area contributed by atoms with Crippen LogP contribution in [-0.2, 0) is 6.54 Å². The van der Waals surface area contributed by atoms with Crippen molar-refractivity contribution >= 4 is 32.5 Å². The van der Waals surface area contributed by atoms with Gasteiger partial charge in [0.2, 0.25) is 0 Å². The molecular formula is C22H22N4O2S. The zero-order chi connectivity index (χ0) is 19.4. The average Bonchev–Trinajstić information content (AvgIpc) is 3.36. The minimum atomic E-state index is 0.359. The van der Waals surface area contributed by atoms with Gasteiger partial charge in [0.25, 0.3) is 5.19 Å². The lowest BCUT2D eigenvalue weighted by molar-refractivity contribution is 0.112. The molecule has 7 heteroatoms. The Balaban J connectivity index is 1.23. The summed E-state index contributed by atoms with van der Waals surface area (Å²) in [6.45, 7) is 0.859. The van der Waals surface area contributed by atoms with E-state index in [4.69, 9.17) is 14.9 Å². The molecule has 6 nitrogen and oxygen atoms in total. The van der Waals surface area contributed by atoms with Gasteiger partial charge in [-0.2, -0.15) is 0 Å². The summed E-state index contributed by atoms with van der Waals surface area (Å²) in [5.41, 5.74) is 7.95. The number of piperidine rings is 1. The Kier molecular flexibility index (Phi) is 4.07. The number of fused-ring (bicyclic) bond motifs is 4. The third kappa shape index (κ3) is 3.19. The van der Waals surface area contributed by atoms with Crippen molar-refractivity contribution in [2.45, 2.75) is 50.4 Å². The highest BCUT2D eigenvalue weighted by molar-refractivity contribution is 7.20. The Bertz CT molecular complexity index is 1140. The van der Waals surface area contributed by atoms with E-state index >= 15 is 0 Å². The minimum Gasteiger partial charge on any atom is -0.460 e. The predicted molar refractivity (Wildman–Crippen MR) is 113 cm³/mol. The Labute approximate surface area is 172 Å². The summed E-state index contributed by atoms with van der Waals surface area (Å²) in [6.07, 6.45) is 8.25. The van der Waals surface area contributed by atoms with Gasteiger partial charge in [0.15, 0.2) is 0 Å². The number of nitrogens with two attached hydrogens (primary N) is 1. The summed E-state index contributed by atoms with van der Waals surface area (Å²) in [4.78, 5) is 11.2. The van der Waals surface area contributed by atoms with Crippen LogP contribution in [0.2, 0.25) is 0 Å². The molecule has 148 valence electrons. The lowest BCUT2D eigenvalue weighted by Crippen LogP contribution is -2.46. The van der Waals surface area contributed by atoms with E-state index in [2.05, 4.69) is 20.9 Å². The summed E-state index contributed by atoms with van der Waals surface area (Å²) in [5.74, 6) is 1.77. The molecule has 4 aromatic rings. The molecule has 0 radical (unpaired) electrons. The molecule has 0 spiro atoms. The second kappa shape index (κ2) is 6.79. The first-order valence-corrected chi connectivity index (χ1v) is 10.9. The molecular weight excluding hydrogens is 384 g/mol. The standard InChI is InChI=1S/C22H22N4O2S/c23-14-9-15-1-2-16(10-14)26(15)12-18-8-13-7-17(3-4-20(13)27-18)28-22-25-19-11-24-6-5-21(19)29-22/h3-8,11,14-16H,1-2,9-10,12,23H2/t14?,15-,16+. The van der Waals surface area contributed by atoms with Gasteiger partial charge in [0, 0.05) is 29.7 Å². The maximum atomic E-state index is 6.21. The molecule has 2 N–H and O–H groups in total. The maximum absolute atomic E-state index is 6.21. The molecule has 0 aliphatic carbocycles.